The SMILES string of the molecule is Cc1cc(C(=O)NC(C)(CO)c2ccccc2)sc1C. The summed E-state index contributed by atoms with van der Waals surface area (Å²) in [5.41, 5.74) is 1.23. The molecule has 2 rings (SSSR count). The van der Waals surface area contributed by atoms with Crippen molar-refractivity contribution in [1.29, 1.82) is 0 Å². The average Bonchev–Trinajstić information content (AvgIpc) is 2.79. The number of benzene rings is 1. The van der Waals surface area contributed by atoms with Gasteiger partial charge in [0.15, 0.2) is 0 Å². The van der Waals surface area contributed by atoms with E-state index < -0.39 is 5.54 Å². The number of aliphatic hydroxyl groups is 1. The van der Waals surface area contributed by atoms with Gasteiger partial charge < -0.3 is 10.4 Å². The number of aliphatic hydroxyl groups excluding tert-OH is 1. The van der Waals surface area contributed by atoms with Crippen LogP contribution in [0, 0.1) is 13.8 Å². The van der Waals surface area contributed by atoms with Crippen molar-refractivity contribution in [3.63, 3.8) is 0 Å². The second kappa shape index (κ2) is 5.77. The molecule has 0 saturated heterocycles. The van der Waals surface area contributed by atoms with E-state index in [9.17, 15) is 9.90 Å². The van der Waals surface area contributed by atoms with Gasteiger partial charge in [0.1, 0.15) is 0 Å². The molecular formula is C16H19NO2S. The van der Waals surface area contributed by atoms with E-state index in [4.69, 9.17) is 0 Å². The van der Waals surface area contributed by atoms with Gasteiger partial charge in [0, 0.05) is 4.88 Å². The molecule has 0 radical (unpaired) electrons. The first-order chi connectivity index (χ1) is 9.46. The van der Waals surface area contributed by atoms with Crippen LogP contribution in [-0.4, -0.2) is 17.6 Å². The molecule has 2 N–H and O–H groups in total. The Morgan fingerprint density at radius 3 is 2.45 bits per heavy atom. The molecule has 0 aliphatic rings. The number of nitrogens with one attached hydrogen (secondary N) is 1. The third-order valence-electron chi connectivity index (χ3n) is 3.51. The van der Waals surface area contributed by atoms with Crippen LogP contribution in [0.5, 0.6) is 0 Å². The van der Waals surface area contributed by atoms with E-state index in [1.807, 2.05) is 57.2 Å². The number of hydrogen-bond acceptors (Lipinski definition) is 3. The Morgan fingerprint density at radius 1 is 1.30 bits per heavy atom. The summed E-state index contributed by atoms with van der Waals surface area (Å²) in [4.78, 5) is 14.2. The van der Waals surface area contributed by atoms with Crippen LogP contribution in [0.15, 0.2) is 36.4 Å². The third kappa shape index (κ3) is 2.92. The zero-order valence-corrected chi connectivity index (χ0v) is 12.8. The van der Waals surface area contributed by atoms with Crippen LogP contribution in [0.3, 0.4) is 0 Å². The van der Waals surface area contributed by atoms with Crippen LogP contribution in [0.2, 0.25) is 0 Å². The molecule has 1 unspecified atom stereocenters. The van der Waals surface area contributed by atoms with Gasteiger partial charge in [-0.3, -0.25) is 4.79 Å². The van der Waals surface area contributed by atoms with E-state index in [2.05, 4.69) is 5.32 Å². The summed E-state index contributed by atoms with van der Waals surface area (Å²) < 4.78 is 0. The van der Waals surface area contributed by atoms with Crippen LogP contribution in [0.25, 0.3) is 0 Å². The average molecular weight is 289 g/mol. The number of aryl methyl sites for hydroxylation is 2. The van der Waals surface area contributed by atoms with E-state index in [0.29, 0.717) is 4.88 Å². The first-order valence-corrected chi connectivity index (χ1v) is 7.34. The third-order valence-corrected chi connectivity index (χ3v) is 4.66. The predicted octanol–water partition coefficient (Wildman–Crippen LogP) is 3.00. The summed E-state index contributed by atoms with van der Waals surface area (Å²) in [7, 11) is 0. The fourth-order valence-corrected chi connectivity index (χ4v) is 2.94. The van der Waals surface area contributed by atoms with Crippen molar-refractivity contribution in [3.8, 4) is 0 Å². The molecule has 2 aromatic rings. The molecule has 0 fully saturated rings. The Balaban J connectivity index is 2.24. The molecule has 4 heteroatoms. The summed E-state index contributed by atoms with van der Waals surface area (Å²) in [5, 5.41) is 12.6. The lowest BCUT2D eigenvalue weighted by Crippen LogP contribution is -2.46. The number of amides is 1. The van der Waals surface area contributed by atoms with Crippen molar-refractivity contribution in [1.82, 2.24) is 5.32 Å². The van der Waals surface area contributed by atoms with Crippen LogP contribution < -0.4 is 5.32 Å². The maximum atomic E-state index is 12.3. The van der Waals surface area contributed by atoms with Crippen molar-refractivity contribution in [3.05, 3.63) is 57.3 Å². The molecule has 0 aliphatic carbocycles. The second-order valence-corrected chi connectivity index (χ2v) is 6.42. The topological polar surface area (TPSA) is 49.3 Å². The Kier molecular flexibility index (Phi) is 4.26. The second-order valence-electron chi connectivity index (χ2n) is 5.16. The van der Waals surface area contributed by atoms with Gasteiger partial charge in [-0.25, -0.2) is 0 Å². The molecule has 0 spiro atoms. The lowest BCUT2D eigenvalue weighted by molar-refractivity contribution is 0.0853. The number of carbonyl (C=O) groups is 1. The Labute approximate surface area is 123 Å². The van der Waals surface area contributed by atoms with Gasteiger partial charge in [-0.05, 0) is 38.0 Å². The summed E-state index contributed by atoms with van der Waals surface area (Å²) in [6.07, 6.45) is 0. The highest BCUT2D eigenvalue weighted by atomic mass is 32.1. The molecule has 3 nitrogen and oxygen atoms in total. The molecule has 1 atom stereocenters. The lowest BCUT2D eigenvalue weighted by atomic mass is 9.93. The van der Waals surface area contributed by atoms with E-state index in [1.165, 1.54) is 11.3 Å². The van der Waals surface area contributed by atoms with Gasteiger partial charge in [-0.2, -0.15) is 0 Å². The van der Waals surface area contributed by atoms with Gasteiger partial charge in [0.2, 0.25) is 0 Å². The lowest BCUT2D eigenvalue weighted by Gasteiger charge is -2.29. The molecule has 1 aromatic carbocycles. The van der Waals surface area contributed by atoms with Crippen molar-refractivity contribution >= 4 is 17.2 Å². The van der Waals surface area contributed by atoms with Crippen molar-refractivity contribution in [2.75, 3.05) is 6.61 Å². The highest BCUT2D eigenvalue weighted by Gasteiger charge is 2.28. The standard InChI is InChI=1S/C16H19NO2S/c1-11-9-14(20-12(11)2)15(19)17-16(3,10-18)13-7-5-4-6-8-13/h4-9,18H,10H2,1-3H3,(H,17,19). The minimum absolute atomic E-state index is 0.147. The molecule has 0 bridgehead atoms. The molecule has 20 heavy (non-hydrogen) atoms. The van der Waals surface area contributed by atoms with Crippen LogP contribution in [0.1, 0.15) is 32.6 Å². The van der Waals surface area contributed by atoms with E-state index >= 15 is 0 Å². The predicted molar refractivity (Wildman–Crippen MR) is 82.1 cm³/mol. The van der Waals surface area contributed by atoms with Crippen LogP contribution in [0.4, 0.5) is 0 Å². The smallest absolute Gasteiger partial charge is 0.262 e. The van der Waals surface area contributed by atoms with Gasteiger partial charge in [0.25, 0.3) is 5.91 Å². The molecule has 1 aromatic heterocycles. The molecule has 1 amide bonds. The first kappa shape index (κ1) is 14.8. The fourth-order valence-electron chi connectivity index (χ4n) is 2.01. The largest absolute Gasteiger partial charge is 0.394 e. The van der Waals surface area contributed by atoms with Crippen LogP contribution in [-0.2, 0) is 5.54 Å². The van der Waals surface area contributed by atoms with Crippen molar-refractivity contribution < 1.29 is 9.90 Å². The highest BCUT2D eigenvalue weighted by molar-refractivity contribution is 7.14. The van der Waals surface area contributed by atoms with Crippen molar-refractivity contribution in [2.45, 2.75) is 26.3 Å². The highest BCUT2D eigenvalue weighted by Crippen LogP contribution is 2.24. The fraction of sp³-hybridized carbons (Fsp3) is 0.312. The normalized spacial score (nSPS) is 13.8. The minimum Gasteiger partial charge on any atom is -0.394 e. The molecule has 0 saturated carbocycles. The maximum Gasteiger partial charge on any atom is 0.262 e. The van der Waals surface area contributed by atoms with E-state index in [0.717, 1.165) is 16.0 Å². The van der Waals surface area contributed by atoms with Gasteiger partial charge in [-0.1, -0.05) is 30.3 Å². The zero-order valence-electron chi connectivity index (χ0n) is 11.9. The Bertz CT molecular complexity index is 587. The summed E-state index contributed by atoms with van der Waals surface area (Å²) in [5.74, 6) is -0.147. The molecular weight excluding hydrogens is 270 g/mol. The van der Waals surface area contributed by atoms with Crippen molar-refractivity contribution in [2.24, 2.45) is 0 Å². The Morgan fingerprint density at radius 2 is 1.95 bits per heavy atom. The monoisotopic (exact) mass is 289 g/mol. The quantitative estimate of drug-likeness (QED) is 0.909. The summed E-state index contributed by atoms with van der Waals surface area (Å²) in [6, 6.07) is 11.4. The Hall–Kier alpha value is -1.65. The van der Waals surface area contributed by atoms with E-state index in [1.54, 1.807) is 0 Å². The van der Waals surface area contributed by atoms with Gasteiger partial charge in [0.05, 0.1) is 17.0 Å². The molecule has 106 valence electrons. The molecule has 0 aliphatic heterocycles. The number of thiophene rings is 1. The summed E-state index contributed by atoms with van der Waals surface area (Å²) in [6.45, 7) is 5.67. The summed E-state index contributed by atoms with van der Waals surface area (Å²) >= 11 is 1.48. The van der Waals surface area contributed by atoms with Crippen LogP contribution >= 0.6 is 11.3 Å². The maximum absolute atomic E-state index is 12.3. The zero-order chi connectivity index (χ0) is 14.8. The number of rotatable bonds is 4. The van der Waals surface area contributed by atoms with Gasteiger partial charge in [-0.15, -0.1) is 11.3 Å². The molecule has 1 heterocycles. The minimum atomic E-state index is -0.774. The first-order valence-electron chi connectivity index (χ1n) is 6.52. The number of hydrogen-bond donors (Lipinski definition) is 2. The van der Waals surface area contributed by atoms with Gasteiger partial charge >= 0.3 is 0 Å². The number of carbonyl (C=O) groups excluding carboxylic acids is 1. The van der Waals surface area contributed by atoms with E-state index in [-0.39, 0.29) is 12.5 Å².